The van der Waals surface area contributed by atoms with Crippen LogP contribution in [0.1, 0.15) is 11.1 Å². The highest BCUT2D eigenvalue weighted by atomic mass is 32.2. The average molecular weight is 369 g/mol. The molecule has 0 amide bonds. The Balaban J connectivity index is 2.25. The van der Waals surface area contributed by atoms with Crippen LogP contribution in [0, 0.1) is 11.2 Å². The van der Waals surface area contributed by atoms with Gasteiger partial charge in [-0.3, -0.25) is 19.8 Å². The van der Waals surface area contributed by atoms with E-state index < -0.39 is 5.56 Å². The first-order valence-electron chi connectivity index (χ1n) is 7.69. The molecule has 26 heavy (non-hydrogen) atoms. The molecule has 0 radical (unpaired) electrons. The molecular weight excluding hydrogens is 353 g/mol. The van der Waals surface area contributed by atoms with Gasteiger partial charge >= 0.3 is 0 Å². The molecule has 132 valence electrons. The number of nitrogens with two attached hydrogens (primary N) is 1. The molecule has 6 nitrogen and oxygen atoms in total. The number of nitrogen functional groups attached to an aromatic ring is 1. The molecule has 0 saturated carbocycles. The van der Waals surface area contributed by atoms with Gasteiger partial charge in [-0.1, -0.05) is 12.1 Å². The van der Waals surface area contributed by atoms with E-state index in [-0.39, 0.29) is 23.8 Å². The number of aromatic nitrogens is 3. The van der Waals surface area contributed by atoms with Gasteiger partial charge in [0.1, 0.15) is 28.1 Å². The van der Waals surface area contributed by atoms with E-state index in [2.05, 4.69) is 9.97 Å². The zero-order valence-electron chi connectivity index (χ0n) is 13.9. The number of pyridine rings is 1. The van der Waals surface area contributed by atoms with Crippen LogP contribution in [0.5, 0.6) is 0 Å². The standard InChI is InChI=1S/C18H16FN5OS/c1-26-17-14(15(20)21)18(25)24(10-11-2-4-13(19)5-3-11)16(23-17)12-6-8-22-9-7-12/h2-9H,10H2,1H3,(H3,20,21). The number of thioether (sulfide) groups is 1. The van der Waals surface area contributed by atoms with Gasteiger partial charge < -0.3 is 5.73 Å². The van der Waals surface area contributed by atoms with Crippen molar-refractivity contribution < 1.29 is 4.39 Å². The van der Waals surface area contributed by atoms with E-state index >= 15 is 0 Å². The topological polar surface area (TPSA) is 97.6 Å². The Bertz CT molecular complexity index is 1000. The van der Waals surface area contributed by atoms with Gasteiger partial charge in [0, 0.05) is 18.0 Å². The van der Waals surface area contributed by atoms with Gasteiger partial charge in [-0.15, -0.1) is 11.8 Å². The Morgan fingerprint density at radius 1 is 1.23 bits per heavy atom. The first-order valence-corrected chi connectivity index (χ1v) is 8.91. The van der Waals surface area contributed by atoms with Gasteiger partial charge in [-0.2, -0.15) is 0 Å². The van der Waals surface area contributed by atoms with Crippen molar-refractivity contribution in [2.24, 2.45) is 5.73 Å². The summed E-state index contributed by atoms with van der Waals surface area (Å²) in [5, 5.41) is 8.14. The summed E-state index contributed by atoms with van der Waals surface area (Å²) in [7, 11) is 0. The van der Waals surface area contributed by atoms with E-state index in [1.807, 2.05) is 0 Å². The lowest BCUT2D eigenvalue weighted by molar-refractivity contribution is 0.625. The van der Waals surface area contributed by atoms with E-state index in [1.54, 1.807) is 42.9 Å². The van der Waals surface area contributed by atoms with Crippen molar-refractivity contribution in [2.75, 3.05) is 6.26 Å². The van der Waals surface area contributed by atoms with Crippen molar-refractivity contribution in [1.82, 2.24) is 14.5 Å². The van der Waals surface area contributed by atoms with Gasteiger partial charge in [-0.25, -0.2) is 9.37 Å². The average Bonchev–Trinajstić information content (AvgIpc) is 2.65. The number of hydrogen-bond acceptors (Lipinski definition) is 5. The van der Waals surface area contributed by atoms with Crippen LogP contribution in [0.15, 0.2) is 58.6 Å². The Morgan fingerprint density at radius 3 is 2.46 bits per heavy atom. The van der Waals surface area contributed by atoms with Crippen LogP contribution < -0.4 is 11.3 Å². The van der Waals surface area contributed by atoms with Crippen LogP contribution in [0.2, 0.25) is 0 Å². The van der Waals surface area contributed by atoms with E-state index in [4.69, 9.17) is 11.1 Å². The number of rotatable bonds is 5. The second-order valence-corrected chi connectivity index (χ2v) is 6.28. The summed E-state index contributed by atoms with van der Waals surface area (Å²) < 4.78 is 14.6. The minimum Gasteiger partial charge on any atom is -0.383 e. The summed E-state index contributed by atoms with van der Waals surface area (Å²) in [6.45, 7) is 0.179. The summed E-state index contributed by atoms with van der Waals surface area (Å²) in [4.78, 5) is 21.6. The van der Waals surface area contributed by atoms with Gasteiger partial charge in [0.25, 0.3) is 5.56 Å². The predicted molar refractivity (Wildman–Crippen MR) is 100 cm³/mol. The molecule has 0 aliphatic rings. The Kier molecular flexibility index (Phi) is 5.13. The minimum absolute atomic E-state index is 0.0671. The van der Waals surface area contributed by atoms with Gasteiger partial charge in [0.2, 0.25) is 0 Å². The van der Waals surface area contributed by atoms with E-state index in [0.717, 1.165) is 5.56 Å². The maximum absolute atomic E-state index is 13.2. The number of benzene rings is 1. The Morgan fingerprint density at radius 2 is 1.88 bits per heavy atom. The molecular formula is C18H16FN5OS. The largest absolute Gasteiger partial charge is 0.383 e. The molecule has 0 atom stereocenters. The molecule has 2 aromatic heterocycles. The zero-order valence-corrected chi connectivity index (χ0v) is 14.8. The number of nitrogens with zero attached hydrogens (tertiary/aromatic N) is 3. The van der Waals surface area contributed by atoms with Crippen LogP contribution in [0.25, 0.3) is 11.4 Å². The fraction of sp³-hybridized carbons (Fsp3) is 0.111. The number of halogens is 1. The summed E-state index contributed by atoms with van der Waals surface area (Å²) in [6, 6.07) is 9.38. The first kappa shape index (κ1) is 17.8. The van der Waals surface area contributed by atoms with Crippen molar-refractivity contribution in [3.05, 3.63) is 76.1 Å². The zero-order chi connectivity index (χ0) is 18.7. The predicted octanol–water partition coefficient (Wildman–Crippen LogP) is 2.50. The molecule has 0 spiro atoms. The van der Waals surface area contributed by atoms with Gasteiger partial charge in [0.15, 0.2) is 0 Å². The van der Waals surface area contributed by atoms with Crippen LogP contribution in [0.3, 0.4) is 0 Å². The summed E-state index contributed by atoms with van der Waals surface area (Å²) in [5.41, 5.74) is 6.72. The lowest BCUT2D eigenvalue weighted by Gasteiger charge is -2.16. The van der Waals surface area contributed by atoms with Crippen molar-refractivity contribution in [3.63, 3.8) is 0 Å². The molecule has 1 aromatic carbocycles. The third-order valence-corrected chi connectivity index (χ3v) is 4.47. The molecule has 0 saturated heterocycles. The normalized spacial score (nSPS) is 10.7. The Hall–Kier alpha value is -3.00. The maximum atomic E-state index is 13.2. The summed E-state index contributed by atoms with van der Waals surface area (Å²) >= 11 is 1.25. The van der Waals surface area contributed by atoms with E-state index in [1.165, 1.54) is 28.5 Å². The highest BCUT2D eigenvalue weighted by Gasteiger charge is 2.19. The van der Waals surface area contributed by atoms with Crippen molar-refractivity contribution >= 4 is 17.6 Å². The molecule has 0 aliphatic heterocycles. The monoisotopic (exact) mass is 369 g/mol. The highest BCUT2D eigenvalue weighted by molar-refractivity contribution is 7.98. The SMILES string of the molecule is CSc1nc(-c2ccncc2)n(Cc2ccc(F)cc2)c(=O)c1C(=N)N. The molecule has 3 aromatic rings. The summed E-state index contributed by atoms with van der Waals surface area (Å²) in [6.07, 6.45) is 5.00. The molecule has 3 rings (SSSR count). The van der Waals surface area contributed by atoms with E-state index in [9.17, 15) is 9.18 Å². The highest BCUT2D eigenvalue weighted by Crippen LogP contribution is 2.22. The second-order valence-electron chi connectivity index (χ2n) is 5.49. The lowest BCUT2D eigenvalue weighted by Crippen LogP contribution is -2.33. The quantitative estimate of drug-likeness (QED) is 0.312. The molecule has 3 N–H and O–H groups in total. The second kappa shape index (κ2) is 7.49. The van der Waals surface area contributed by atoms with Crippen molar-refractivity contribution in [1.29, 1.82) is 5.41 Å². The number of hydrogen-bond donors (Lipinski definition) is 2. The van der Waals surface area contributed by atoms with Crippen LogP contribution >= 0.6 is 11.8 Å². The number of nitrogens with one attached hydrogen (secondary N) is 1. The third-order valence-electron chi connectivity index (χ3n) is 3.79. The molecule has 0 aliphatic carbocycles. The lowest BCUT2D eigenvalue weighted by atomic mass is 10.2. The van der Waals surface area contributed by atoms with Crippen LogP contribution in [0.4, 0.5) is 4.39 Å². The molecule has 0 unspecified atom stereocenters. The summed E-state index contributed by atoms with van der Waals surface area (Å²) in [5.74, 6) is -0.243. The third kappa shape index (κ3) is 3.50. The fourth-order valence-electron chi connectivity index (χ4n) is 2.55. The maximum Gasteiger partial charge on any atom is 0.266 e. The van der Waals surface area contributed by atoms with Gasteiger partial charge in [0.05, 0.1) is 6.54 Å². The smallest absolute Gasteiger partial charge is 0.266 e. The molecule has 8 heteroatoms. The Labute approximate surface area is 153 Å². The molecule has 0 fully saturated rings. The van der Waals surface area contributed by atoms with Crippen LogP contribution in [-0.2, 0) is 6.54 Å². The number of amidine groups is 1. The minimum atomic E-state index is -0.409. The first-order chi connectivity index (χ1) is 12.5. The van der Waals surface area contributed by atoms with Gasteiger partial charge in [-0.05, 0) is 36.1 Å². The molecule has 2 heterocycles. The fourth-order valence-corrected chi connectivity index (χ4v) is 3.13. The van der Waals surface area contributed by atoms with Crippen LogP contribution in [-0.4, -0.2) is 26.6 Å². The van der Waals surface area contributed by atoms with E-state index in [0.29, 0.717) is 16.4 Å². The van der Waals surface area contributed by atoms with Crippen molar-refractivity contribution in [2.45, 2.75) is 11.6 Å². The van der Waals surface area contributed by atoms with Crippen molar-refractivity contribution in [3.8, 4) is 11.4 Å². The molecule has 0 bridgehead atoms.